The highest BCUT2D eigenvalue weighted by atomic mass is 32.2. The summed E-state index contributed by atoms with van der Waals surface area (Å²) in [7, 11) is 0. The number of benzene rings is 2. The fourth-order valence-electron chi connectivity index (χ4n) is 2.80. The third kappa shape index (κ3) is 3.76. The molecule has 0 saturated heterocycles. The van der Waals surface area contributed by atoms with Crippen LogP contribution in [0.25, 0.3) is 11.2 Å². The van der Waals surface area contributed by atoms with E-state index < -0.39 is 0 Å². The van der Waals surface area contributed by atoms with Gasteiger partial charge in [0, 0.05) is 11.3 Å². The molecule has 0 bridgehead atoms. The van der Waals surface area contributed by atoms with E-state index in [4.69, 9.17) is 16.0 Å². The Morgan fingerprint density at radius 2 is 1.89 bits per heavy atom. The van der Waals surface area contributed by atoms with Crippen LogP contribution >= 0.6 is 11.8 Å². The van der Waals surface area contributed by atoms with Crippen molar-refractivity contribution in [1.82, 2.24) is 15.0 Å². The van der Waals surface area contributed by atoms with Gasteiger partial charge in [-0.25, -0.2) is 4.57 Å². The first kappa shape index (κ1) is 17.1. The van der Waals surface area contributed by atoms with Gasteiger partial charge in [-0.3, -0.25) is 0 Å². The molecule has 6 nitrogen and oxygen atoms in total. The zero-order valence-electron chi connectivity index (χ0n) is 14.5. The first-order chi connectivity index (χ1) is 13.2. The number of anilines is 1. The Balaban J connectivity index is 1.60. The van der Waals surface area contributed by atoms with Gasteiger partial charge in [0.1, 0.15) is 0 Å². The number of nitrogen functional groups attached to an aromatic ring is 1. The number of nitrogens with two attached hydrogens (primary N) is 1. The van der Waals surface area contributed by atoms with Crippen molar-refractivity contribution >= 4 is 28.7 Å². The first-order valence-electron chi connectivity index (χ1n) is 8.48. The highest BCUT2D eigenvalue weighted by molar-refractivity contribution is 7.99. The van der Waals surface area contributed by atoms with E-state index in [9.17, 15) is 0 Å². The number of rotatable bonds is 5. The number of aromatic amines is 1. The number of nitrogens with one attached hydrogen (secondary N) is 1. The van der Waals surface area contributed by atoms with Crippen molar-refractivity contribution in [3.05, 3.63) is 72.1 Å². The second-order valence-electron chi connectivity index (χ2n) is 6.04. The molecular weight excluding hydrogens is 356 g/mol. The molecule has 0 aliphatic heterocycles. The van der Waals surface area contributed by atoms with Gasteiger partial charge in [-0.1, -0.05) is 40.3 Å². The summed E-state index contributed by atoms with van der Waals surface area (Å²) in [5, 5.41) is 9.65. The molecule has 4 rings (SSSR count). The van der Waals surface area contributed by atoms with E-state index in [0.29, 0.717) is 11.4 Å². The Morgan fingerprint density at radius 3 is 2.63 bits per heavy atom. The second kappa shape index (κ2) is 7.48. The van der Waals surface area contributed by atoms with Gasteiger partial charge in [0.2, 0.25) is 17.3 Å². The Kier molecular flexibility index (Phi) is 4.73. The topological polar surface area (TPSA) is 95.3 Å². The lowest BCUT2D eigenvalue weighted by Crippen LogP contribution is -2.36. The van der Waals surface area contributed by atoms with Crippen LogP contribution in [0.5, 0.6) is 0 Å². The summed E-state index contributed by atoms with van der Waals surface area (Å²) in [5.41, 5.74) is 9.46. The summed E-state index contributed by atoms with van der Waals surface area (Å²) < 4.78 is 2.01. The fraction of sp³-hybridized carbons (Fsp3) is 0.100. The molecule has 0 atom stereocenters. The molecule has 2 aromatic carbocycles. The number of aryl methyl sites for hydroxylation is 2. The molecule has 2 heterocycles. The quantitative estimate of drug-likeness (QED) is 0.524. The molecule has 3 N–H and O–H groups in total. The highest BCUT2D eigenvalue weighted by Crippen LogP contribution is 2.27. The maximum atomic E-state index is 8.91. The van der Waals surface area contributed by atoms with Crippen LogP contribution in [-0.4, -0.2) is 15.0 Å². The minimum atomic E-state index is 0.431. The van der Waals surface area contributed by atoms with E-state index >= 15 is 0 Å². The zero-order chi connectivity index (χ0) is 18.6. The third-order valence-corrected chi connectivity index (χ3v) is 5.10. The summed E-state index contributed by atoms with van der Waals surface area (Å²) in [4.78, 5) is 13.2. The first-order valence-corrected chi connectivity index (χ1v) is 9.30. The van der Waals surface area contributed by atoms with Crippen molar-refractivity contribution in [2.45, 2.75) is 23.0 Å². The second-order valence-corrected chi connectivity index (χ2v) is 7.10. The van der Waals surface area contributed by atoms with E-state index in [1.165, 1.54) is 17.3 Å². The van der Waals surface area contributed by atoms with Crippen LogP contribution in [0, 0.1) is 11.3 Å². The monoisotopic (exact) mass is 373 g/mol. The Labute approximate surface area is 160 Å². The van der Waals surface area contributed by atoms with Crippen molar-refractivity contribution in [3.63, 3.8) is 0 Å². The SMILES string of the molecule is N#Cc1ccc(Sc2nc3c([nH]2)c(N)nc[n+]3CCc2ccccc2)cc1. The van der Waals surface area contributed by atoms with Crippen molar-refractivity contribution in [2.24, 2.45) is 0 Å². The molecule has 4 aromatic rings. The summed E-state index contributed by atoms with van der Waals surface area (Å²) in [6.07, 6.45) is 2.62. The molecule has 2 aromatic heterocycles. The van der Waals surface area contributed by atoms with E-state index in [2.05, 4.69) is 28.2 Å². The number of hydrogen-bond acceptors (Lipinski definition) is 5. The molecule has 0 radical (unpaired) electrons. The molecule has 0 saturated carbocycles. The Hall–Kier alpha value is -3.37. The average molecular weight is 373 g/mol. The van der Waals surface area contributed by atoms with Crippen LogP contribution in [0.2, 0.25) is 0 Å². The van der Waals surface area contributed by atoms with Crippen LogP contribution < -0.4 is 10.3 Å². The number of nitriles is 1. The molecule has 132 valence electrons. The van der Waals surface area contributed by atoms with Crippen LogP contribution in [-0.2, 0) is 13.0 Å². The standard InChI is InChI=1S/C20H16N6S/c21-12-15-6-8-16(9-7-15)27-20-24-17-18(22)23-13-26(19(17)25-20)11-10-14-4-2-1-3-5-14/h1-9,13H,10-11H2,(H2,22,24,25)/p+1. The van der Waals surface area contributed by atoms with Gasteiger partial charge in [0.15, 0.2) is 5.52 Å². The van der Waals surface area contributed by atoms with Gasteiger partial charge in [0.25, 0.3) is 5.65 Å². The van der Waals surface area contributed by atoms with Gasteiger partial charge >= 0.3 is 0 Å². The van der Waals surface area contributed by atoms with Gasteiger partial charge in [-0.2, -0.15) is 5.26 Å². The van der Waals surface area contributed by atoms with Crippen molar-refractivity contribution in [1.29, 1.82) is 5.26 Å². The number of nitrogens with zero attached hydrogens (tertiary/aromatic N) is 4. The van der Waals surface area contributed by atoms with E-state index in [1.807, 2.05) is 34.9 Å². The lowest BCUT2D eigenvalue weighted by Gasteiger charge is -2.02. The number of aromatic nitrogens is 4. The Morgan fingerprint density at radius 1 is 1.11 bits per heavy atom. The molecule has 0 unspecified atom stereocenters. The summed E-state index contributed by atoms with van der Waals surface area (Å²) >= 11 is 1.49. The van der Waals surface area contributed by atoms with Crippen LogP contribution in [0.3, 0.4) is 0 Å². The lowest BCUT2D eigenvalue weighted by molar-refractivity contribution is -0.675. The molecule has 0 aliphatic carbocycles. The molecular formula is C20H17N6S+. The van der Waals surface area contributed by atoms with E-state index in [-0.39, 0.29) is 0 Å². The summed E-state index contributed by atoms with van der Waals surface area (Å²) in [6, 6.07) is 19.8. The predicted octanol–water partition coefficient (Wildman–Crippen LogP) is 3.09. The molecule has 0 amide bonds. The molecule has 27 heavy (non-hydrogen) atoms. The largest absolute Gasteiger partial charge is 0.368 e. The maximum absolute atomic E-state index is 8.91. The maximum Gasteiger partial charge on any atom is 0.294 e. The number of imidazole rings is 1. The molecule has 0 fully saturated rings. The predicted molar refractivity (Wildman–Crippen MR) is 104 cm³/mol. The average Bonchev–Trinajstić information content (AvgIpc) is 3.13. The molecule has 7 heteroatoms. The zero-order valence-corrected chi connectivity index (χ0v) is 15.3. The normalized spacial score (nSPS) is 10.8. The number of H-pyrrole nitrogens is 1. The van der Waals surface area contributed by atoms with Gasteiger partial charge in [-0.15, -0.1) is 0 Å². The van der Waals surface area contributed by atoms with Crippen molar-refractivity contribution < 1.29 is 4.57 Å². The fourth-order valence-corrected chi connectivity index (χ4v) is 3.58. The minimum absolute atomic E-state index is 0.431. The highest BCUT2D eigenvalue weighted by Gasteiger charge is 2.19. The molecule has 0 spiro atoms. The van der Waals surface area contributed by atoms with Gasteiger partial charge in [-0.05, 0) is 41.6 Å². The van der Waals surface area contributed by atoms with Crippen molar-refractivity contribution in [3.8, 4) is 6.07 Å². The lowest BCUT2D eigenvalue weighted by atomic mass is 10.1. The number of fused-ring (bicyclic) bond motifs is 1. The minimum Gasteiger partial charge on any atom is -0.368 e. The smallest absolute Gasteiger partial charge is 0.294 e. The molecule has 0 aliphatic rings. The van der Waals surface area contributed by atoms with Gasteiger partial charge in [0.05, 0.1) is 18.2 Å². The number of hydrogen-bond donors (Lipinski definition) is 2. The third-order valence-electron chi connectivity index (χ3n) is 4.21. The summed E-state index contributed by atoms with van der Waals surface area (Å²) in [6.45, 7) is 0.764. The van der Waals surface area contributed by atoms with Crippen LogP contribution in [0.1, 0.15) is 11.1 Å². The Bertz CT molecular complexity index is 1110. The summed E-state index contributed by atoms with van der Waals surface area (Å²) in [5.74, 6) is 0.431. The van der Waals surface area contributed by atoms with E-state index in [1.54, 1.807) is 18.5 Å². The van der Waals surface area contributed by atoms with Crippen LogP contribution in [0.4, 0.5) is 5.82 Å². The van der Waals surface area contributed by atoms with E-state index in [0.717, 1.165) is 34.2 Å². The van der Waals surface area contributed by atoms with Crippen molar-refractivity contribution in [2.75, 3.05) is 5.73 Å². The van der Waals surface area contributed by atoms with Crippen LogP contribution in [0.15, 0.2) is 71.0 Å². The van der Waals surface area contributed by atoms with Gasteiger partial charge < -0.3 is 10.7 Å².